The zero-order valence-electron chi connectivity index (χ0n) is 12.0. The summed E-state index contributed by atoms with van der Waals surface area (Å²) in [4.78, 5) is 2.32. The van der Waals surface area contributed by atoms with Crippen LogP contribution in [0.3, 0.4) is 0 Å². The summed E-state index contributed by atoms with van der Waals surface area (Å²) >= 11 is 0. The zero-order chi connectivity index (χ0) is 14.8. The van der Waals surface area contributed by atoms with Gasteiger partial charge < -0.3 is 10.4 Å². The summed E-state index contributed by atoms with van der Waals surface area (Å²) in [5, 5.41) is 11.7. The molecular formula is C14H25F3N2O. The van der Waals surface area contributed by atoms with Gasteiger partial charge in [0, 0.05) is 31.8 Å². The summed E-state index contributed by atoms with van der Waals surface area (Å²) in [6, 6.07) is 0.329. The molecule has 0 radical (unpaired) electrons. The van der Waals surface area contributed by atoms with E-state index in [4.69, 9.17) is 5.11 Å². The highest BCUT2D eigenvalue weighted by Gasteiger charge is 2.37. The van der Waals surface area contributed by atoms with Crippen molar-refractivity contribution in [1.29, 1.82) is 0 Å². The van der Waals surface area contributed by atoms with Crippen LogP contribution in [-0.4, -0.2) is 54.5 Å². The molecule has 118 valence electrons. The van der Waals surface area contributed by atoms with E-state index in [0.29, 0.717) is 30.8 Å². The van der Waals surface area contributed by atoms with Crippen LogP contribution in [0.1, 0.15) is 32.6 Å². The maximum Gasteiger partial charge on any atom is 0.401 e. The Morgan fingerprint density at radius 3 is 2.55 bits per heavy atom. The standard InChI is InChI=1S/C14H25F3N2O/c1-10(12-2-3-12)19-7-11(4-5-20)6-13(8-19)18-9-14(15,16)17/h10-13,18,20H,2-9H2,1H3. The van der Waals surface area contributed by atoms with Gasteiger partial charge >= 0.3 is 6.18 Å². The molecule has 1 aliphatic heterocycles. The molecule has 0 spiro atoms. The van der Waals surface area contributed by atoms with E-state index in [2.05, 4.69) is 17.1 Å². The lowest BCUT2D eigenvalue weighted by Crippen LogP contribution is -2.54. The number of nitrogens with one attached hydrogen (secondary N) is 1. The van der Waals surface area contributed by atoms with Crippen molar-refractivity contribution in [3.05, 3.63) is 0 Å². The molecule has 1 saturated heterocycles. The molecule has 0 aromatic carbocycles. The molecule has 1 saturated carbocycles. The molecule has 6 heteroatoms. The summed E-state index contributed by atoms with van der Waals surface area (Å²) in [6.45, 7) is 2.97. The summed E-state index contributed by atoms with van der Waals surface area (Å²) in [5.41, 5.74) is 0. The first-order valence-corrected chi connectivity index (χ1v) is 7.54. The molecule has 1 aliphatic carbocycles. The first-order valence-electron chi connectivity index (χ1n) is 7.54. The number of nitrogens with zero attached hydrogens (tertiary/aromatic N) is 1. The van der Waals surface area contributed by atoms with Crippen LogP contribution in [0.15, 0.2) is 0 Å². The highest BCUT2D eigenvalue weighted by atomic mass is 19.4. The Labute approximate surface area is 118 Å². The van der Waals surface area contributed by atoms with Crippen molar-refractivity contribution in [2.45, 2.75) is 50.9 Å². The quantitative estimate of drug-likeness (QED) is 0.786. The van der Waals surface area contributed by atoms with E-state index in [1.807, 2.05) is 0 Å². The fourth-order valence-corrected chi connectivity index (χ4v) is 3.25. The Morgan fingerprint density at radius 1 is 1.30 bits per heavy atom. The molecule has 3 unspecified atom stereocenters. The third-order valence-corrected chi connectivity index (χ3v) is 4.57. The highest BCUT2D eigenvalue weighted by molar-refractivity contribution is 4.91. The molecule has 0 amide bonds. The first-order chi connectivity index (χ1) is 9.39. The maximum atomic E-state index is 12.3. The van der Waals surface area contributed by atoms with Crippen molar-refractivity contribution in [3.8, 4) is 0 Å². The predicted molar refractivity (Wildman–Crippen MR) is 71.4 cm³/mol. The average molecular weight is 294 g/mol. The molecule has 0 aromatic heterocycles. The monoisotopic (exact) mass is 294 g/mol. The molecule has 2 rings (SSSR count). The second-order valence-electron chi connectivity index (χ2n) is 6.34. The van der Waals surface area contributed by atoms with Crippen LogP contribution in [0.2, 0.25) is 0 Å². The number of rotatable bonds is 6. The van der Waals surface area contributed by atoms with Gasteiger partial charge in [-0.25, -0.2) is 0 Å². The number of aliphatic hydroxyl groups excluding tert-OH is 1. The summed E-state index contributed by atoms with van der Waals surface area (Å²) in [6.07, 6.45) is -0.272. The minimum absolute atomic E-state index is 0.113. The maximum absolute atomic E-state index is 12.3. The Morgan fingerprint density at radius 2 is 2.00 bits per heavy atom. The van der Waals surface area contributed by atoms with Gasteiger partial charge in [-0.15, -0.1) is 0 Å². The zero-order valence-corrected chi connectivity index (χ0v) is 12.0. The largest absolute Gasteiger partial charge is 0.401 e. The lowest BCUT2D eigenvalue weighted by molar-refractivity contribution is -0.127. The highest BCUT2D eigenvalue weighted by Crippen LogP contribution is 2.37. The number of alkyl halides is 3. The van der Waals surface area contributed by atoms with Gasteiger partial charge in [-0.1, -0.05) is 0 Å². The molecule has 0 bridgehead atoms. The SMILES string of the molecule is CC(C1CC1)N1CC(CCO)CC(NCC(F)(F)F)C1. The molecule has 2 fully saturated rings. The van der Waals surface area contributed by atoms with Gasteiger partial charge in [0.2, 0.25) is 0 Å². The smallest absolute Gasteiger partial charge is 0.396 e. The molecule has 2 N–H and O–H groups in total. The van der Waals surface area contributed by atoms with E-state index < -0.39 is 12.7 Å². The number of aliphatic hydroxyl groups is 1. The van der Waals surface area contributed by atoms with Gasteiger partial charge in [0.1, 0.15) is 0 Å². The minimum atomic E-state index is -4.16. The van der Waals surface area contributed by atoms with Crippen molar-refractivity contribution >= 4 is 0 Å². The summed E-state index contributed by atoms with van der Waals surface area (Å²) in [7, 11) is 0. The normalized spacial score (nSPS) is 30.4. The Kier molecular flexibility index (Phi) is 5.31. The van der Waals surface area contributed by atoms with Crippen molar-refractivity contribution in [2.24, 2.45) is 11.8 Å². The van der Waals surface area contributed by atoms with Gasteiger partial charge in [0.25, 0.3) is 0 Å². The molecule has 1 heterocycles. The number of hydrogen-bond acceptors (Lipinski definition) is 3. The molecule has 3 atom stereocenters. The Hall–Kier alpha value is -0.330. The fraction of sp³-hybridized carbons (Fsp3) is 1.00. The van der Waals surface area contributed by atoms with Crippen LogP contribution in [0.25, 0.3) is 0 Å². The van der Waals surface area contributed by atoms with Crippen LogP contribution in [0.5, 0.6) is 0 Å². The second-order valence-corrected chi connectivity index (χ2v) is 6.34. The van der Waals surface area contributed by atoms with Crippen LogP contribution in [0.4, 0.5) is 13.2 Å². The first kappa shape index (κ1) is 16.0. The lowest BCUT2D eigenvalue weighted by Gasteiger charge is -2.41. The predicted octanol–water partition coefficient (Wildman–Crippen LogP) is 2.01. The number of piperidine rings is 1. The summed E-state index contributed by atoms with van der Waals surface area (Å²) < 4.78 is 37.0. The van der Waals surface area contributed by atoms with E-state index in [1.54, 1.807) is 0 Å². The molecule has 20 heavy (non-hydrogen) atoms. The van der Waals surface area contributed by atoms with E-state index in [0.717, 1.165) is 13.0 Å². The third kappa shape index (κ3) is 4.90. The number of hydrogen-bond donors (Lipinski definition) is 2. The third-order valence-electron chi connectivity index (χ3n) is 4.57. The fourth-order valence-electron chi connectivity index (χ4n) is 3.25. The second kappa shape index (κ2) is 6.62. The van der Waals surface area contributed by atoms with Crippen molar-refractivity contribution in [3.63, 3.8) is 0 Å². The summed E-state index contributed by atoms with van der Waals surface area (Å²) in [5.74, 6) is 1.01. The number of halogens is 3. The topological polar surface area (TPSA) is 35.5 Å². The van der Waals surface area contributed by atoms with Crippen LogP contribution in [0, 0.1) is 11.8 Å². The van der Waals surface area contributed by atoms with E-state index in [1.165, 1.54) is 12.8 Å². The average Bonchev–Trinajstić information content (AvgIpc) is 3.19. The molecule has 2 aliphatic rings. The van der Waals surface area contributed by atoms with Gasteiger partial charge in [0.05, 0.1) is 6.54 Å². The Bertz CT molecular complexity index is 307. The number of likely N-dealkylation sites (tertiary alicyclic amines) is 1. The Balaban J connectivity index is 1.89. The van der Waals surface area contributed by atoms with Crippen molar-refractivity contribution < 1.29 is 18.3 Å². The molecule has 0 aromatic rings. The van der Waals surface area contributed by atoms with Gasteiger partial charge in [-0.2, -0.15) is 13.2 Å². The van der Waals surface area contributed by atoms with Crippen molar-refractivity contribution in [1.82, 2.24) is 10.2 Å². The van der Waals surface area contributed by atoms with Gasteiger partial charge in [-0.3, -0.25) is 4.90 Å². The van der Waals surface area contributed by atoms with Crippen LogP contribution < -0.4 is 5.32 Å². The van der Waals surface area contributed by atoms with Crippen molar-refractivity contribution in [2.75, 3.05) is 26.2 Å². The molecular weight excluding hydrogens is 269 g/mol. The lowest BCUT2D eigenvalue weighted by atomic mass is 9.90. The van der Waals surface area contributed by atoms with Gasteiger partial charge in [0.15, 0.2) is 0 Å². The van der Waals surface area contributed by atoms with E-state index in [9.17, 15) is 13.2 Å². The van der Waals surface area contributed by atoms with Gasteiger partial charge in [-0.05, 0) is 44.4 Å². The van der Waals surface area contributed by atoms with Crippen LogP contribution >= 0.6 is 0 Å². The minimum Gasteiger partial charge on any atom is -0.396 e. The van der Waals surface area contributed by atoms with Crippen LogP contribution in [-0.2, 0) is 0 Å². The molecule has 3 nitrogen and oxygen atoms in total. The van der Waals surface area contributed by atoms with E-state index in [-0.39, 0.29) is 12.6 Å². The van der Waals surface area contributed by atoms with E-state index >= 15 is 0 Å².